The number of carbonyl (C=O) groups excluding carboxylic acids is 1. The van der Waals surface area contributed by atoms with Crippen LogP contribution in [0.15, 0.2) is 18.2 Å². The summed E-state index contributed by atoms with van der Waals surface area (Å²) < 4.78 is 16.5. The zero-order valence-electron chi connectivity index (χ0n) is 14.1. The van der Waals surface area contributed by atoms with E-state index < -0.39 is 0 Å². The van der Waals surface area contributed by atoms with E-state index in [-0.39, 0.29) is 11.9 Å². The summed E-state index contributed by atoms with van der Waals surface area (Å²) >= 11 is 0. The molecular weight excluding hydrogens is 296 g/mol. The third-order valence-corrected chi connectivity index (χ3v) is 3.63. The molecule has 0 aliphatic carbocycles. The second-order valence-electron chi connectivity index (χ2n) is 5.33. The summed E-state index contributed by atoms with van der Waals surface area (Å²) in [5.41, 5.74) is 0.770. The van der Waals surface area contributed by atoms with Gasteiger partial charge in [-0.2, -0.15) is 0 Å². The zero-order chi connectivity index (χ0) is 16.7. The molecule has 2 rings (SSSR count). The fourth-order valence-electron chi connectivity index (χ4n) is 2.51. The number of morpholine rings is 1. The number of amides is 1. The molecule has 1 aromatic carbocycles. The minimum atomic E-state index is -0.343. The summed E-state index contributed by atoms with van der Waals surface area (Å²) in [7, 11) is 0. The van der Waals surface area contributed by atoms with Gasteiger partial charge in [0.1, 0.15) is 17.5 Å². The predicted octanol–water partition coefficient (Wildman–Crippen LogP) is 2.14. The van der Waals surface area contributed by atoms with Crippen LogP contribution in [0.25, 0.3) is 0 Å². The zero-order valence-corrected chi connectivity index (χ0v) is 14.1. The summed E-state index contributed by atoms with van der Waals surface area (Å²) in [5, 5.41) is 3.25. The van der Waals surface area contributed by atoms with Gasteiger partial charge in [0.15, 0.2) is 0 Å². The molecule has 1 atom stereocenters. The van der Waals surface area contributed by atoms with E-state index in [4.69, 9.17) is 14.2 Å². The van der Waals surface area contributed by atoms with Gasteiger partial charge in [-0.25, -0.2) is 0 Å². The highest BCUT2D eigenvalue weighted by Gasteiger charge is 2.23. The van der Waals surface area contributed by atoms with Crippen molar-refractivity contribution in [2.45, 2.75) is 26.8 Å². The molecule has 0 aromatic heterocycles. The average molecular weight is 322 g/mol. The van der Waals surface area contributed by atoms with Crippen molar-refractivity contribution < 1.29 is 19.0 Å². The number of benzene rings is 1. The molecule has 1 saturated heterocycles. The fourth-order valence-corrected chi connectivity index (χ4v) is 2.51. The van der Waals surface area contributed by atoms with E-state index in [1.807, 2.05) is 43.9 Å². The number of carbonyl (C=O) groups is 1. The van der Waals surface area contributed by atoms with Crippen LogP contribution in [0.4, 0.5) is 5.69 Å². The van der Waals surface area contributed by atoms with Gasteiger partial charge < -0.3 is 24.4 Å². The van der Waals surface area contributed by atoms with E-state index in [0.717, 1.165) is 17.2 Å². The number of nitrogens with zero attached hydrogens (tertiary/aromatic N) is 1. The van der Waals surface area contributed by atoms with Crippen molar-refractivity contribution in [2.24, 2.45) is 0 Å². The first kappa shape index (κ1) is 17.4. The van der Waals surface area contributed by atoms with Crippen LogP contribution < -0.4 is 14.8 Å². The molecule has 6 heteroatoms. The maximum absolute atomic E-state index is 12.5. The number of hydrogen-bond acceptors (Lipinski definition) is 5. The summed E-state index contributed by atoms with van der Waals surface area (Å²) in [5.74, 6) is 1.54. The Morgan fingerprint density at radius 1 is 1.26 bits per heavy atom. The van der Waals surface area contributed by atoms with Crippen molar-refractivity contribution in [1.82, 2.24) is 4.90 Å². The van der Waals surface area contributed by atoms with Crippen LogP contribution in [-0.4, -0.2) is 56.4 Å². The minimum Gasteiger partial charge on any atom is -0.494 e. The molecule has 1 heterocycles. The Kier molecular flexibility index (Phi) is 6.52. The molecule has 0 spiro atoms. The monoisotopic (exact) mass is 322 g/mol. The van der Waals surface area contributed by atoms with Crippen molar-refractivity contribution in [1.29, 1.82) is 0 Å². The number of hydrogen-bond donors (Lipinski definition) is 1. The molecule has 23 heavy (non-hydrogen) atoms. The van der Waals surface area contributed by atoms with Crippen molar-refractivity contribution in [3.05, 3.63) is 18.2 Å². The normalized spacial score (nSPS) is 15.9. The van der Waals surface area contributed by atoms with Crippen LogP contribution in [0.2, 0.25) is 0 Å². The maximum Gasteiger partial charge on any atom is 0.244 e. The van der Waals surface area contributed by atoms with Crippen LogP contribution in [0.5, 0.6) is 11.5 Å². The molecule has 128 valence electrons. The van der Waals surface area contributed by atoms with Crippen molar-refractivity contribution in [3.8, 4) is 11.5 Å². The van der Waals surface area contributed by atoms with Crippen LogP contribution in [0.1, 0.15) is 20.8 Å². The largest absolute Gasteiger partial charge is 0.494 e. The van der Waals surface area contributed by atoms with Gasteiger partial charge in [-0.15, -0.1) is 0 Å². The Balaban J connectivity index is 2.09. The Morgan fingerprint density at radius 2 is 1.96 bits per heavy atom. The van der Waals surface area contributed by atoms with Crippen LogP contribution in [-0.2, 0) is 9.53 Å². The third kappa shape index (κ3) is 4.76. The van der Waals surface area contributed by atoms with E-state index in [2.05, 4.69) is 5.32 Å². The van der Waals surface area contributed by atoms with E-state index in [9.17, 15) is 4.79 Å². The fraction of sp³-hybridized carbons (Fsp3) is 0.588. The van der Waals surface area contributed by atoms with Crippen LogP contribution in [0.3, 0.4) is 0 Å². The van der Waals surface area contributed by atoms with Gasteiger partial charge in [0.2, 0.25) is 5.91 Å². The van der Waals surface area contributed by atoms with E-state index in [1.165, 1.54) is 0 Å². The SMILES string of the molecule is CCOc1ccc(OCC)c(NC(C)C(=O)N2CCOCC2)c1. The molecule has 1 fully saturated rings. The van der Waals surface area contributed by atoms with Crippen LogP contribution in [0, 0.1) is 0 Å². The number of nitrogens with one attached hydrogen (secondary N) is 1. The van der Waals surface area contributed by atoms with Gasteiger partial charge in [-0.05, 0) is 32.9 Å². The van der Waals surface area contributed by atoms with Gasteiger partial charge >= 0.3 is 0 Å². The highest BCUT2D eigenvalue weighted by atomic mass is 16.5. The van der Waals surface area contributed by atoms with E-state index in [1.54, 1.807) is 0 Å². The second-order valence-corrected chi connectivity index (χ2v) is 5.33. The highest BCUT2D eigenvalue weighted by Crippen LogP contribution is 2.30. The molecule has 0 bridgehead atoms. The van der Waals surface area contributed by atoms with Crippen LogP contribution >= 0.6 is 0 Å². The summed E-state index contributed by atoms with van der Waals surface area (Å²) in [6, 6.07) is 5.26. The second kappa shape index (κ2) is 8.62. The predicted molar refractivity (Wildman–Crippen MR) is 89.3 cm³/mol. The molecule has 1 N–H and O–H groups in total. The first-order valence-corrected chi connectivity index (χ1v) is 8.18. The number of rotatable bonds is 7. The molecule has 1 aromatic rings. The maximum atomic E-state index is 12.5. The lowest BCUT2D eigenvalue weighted by Gasteiger charge is -2.30. The third-order valence-electron chi connectivity index (χ3n) is 3.63. The van der Waals surface area contributed by atoms with Crippen molar-refractivity contribution in [2.75, 3.05) is 44.8 Å². The lowest BCUT2D eigenvalue weighted by molar-refractivity contribution is -0.135. The van der Waals surface area contributed by atoms with E-state index >= 15 is 0 Å². The Hall–Kier alpha value is -1.95. The highest BCUT2D eigenvalue weighted by molar-refractivity contribution is 5.85. The summed E-state index contributed by atoms with van der Waals surface area (Å²) in [6.45, 7) is 9.37. The minimum absolute atomic E-state index is 0.0672. The lowest BCUT2D eigenvalue weighted by atomic mass is 10.2. The molecule has 0 saturated carbocycles. The van der Waals surface area contributed by atoms with Gasteiger partial charge in [-0.1, -0.05) is 0 Å². The van der Waals surface area contributed by atoms with Gasteiger partial charge in [0.25, 0.3) is 0 Å². The number of ether oxygens (including phenoxy) is 3. The van der Waals surface area contributed by atoms with E-state index in [0.29, 0.717) is 39.5 Å². The first-order valence-electron chi connectivity index (χ1n) is 8.18. The van der Waals surface area contributed by atoms with Gasteiger partial charge in [-0.3, -0.25) is 4.79 Å². The molecule has 0 radical (unpaired) electrons. The van der Waals surface area contributed by atoms with Crippen molar-refractivity contribution >= 4 is 11.6 Å². The Bertz CT molecular complexity index is 515. The average Bonchev–Trinajstić information content (AvgIpc) is 2.57. The Labute approximate surface area is 137 Å². The standard InChI is InChI=1S/C17H26N2O4/c1-4-22-14-6-7-16(23-5-2)15(12-14)18-13(3)17(20)19-8-10-21-11-9-19/h6-7,12-13,18H,4-5,8-11H2,1-3H3. The topological polar surface area (TPSA) is 60.0 Å². The quantitative estimate of drug-likeness (QED) is 0.833. The molecule has 1 aliphatic rings. The van der Waals surface area contributed by atoms with Gasteiger partial charge in [0.05, 0.1) is 32.1 Å². The molecule has 1 amide bonds. The molecular formula is C17H26N2O4. The Morgan fingerprint density at radius 3 is 2.61 bits per heavy atom. The van der Waals surface area contributed by atoms with Gasteiger partial charge in [0, 0.05) is 19.2 Å². The molecule has 1 aliphatic heterocycles. The summed E-state index contributed by atoms with van der Waals surface area (Å²) in [6.07, 6.45) is 0. The first-order chi connectivity index (χ1) is 11.2. The smallest absolute Gasteiger partial charge is 0.244 e. The number of anilines is 1. The van der Waals surface area contributed by atoms with Crippen molar-refractivity contribution in [3.63, 3.8) is 0 Å². The summed E-state index contributed by atoms with van der Waals surface area (Å²) in [4.78, 5) is 14.3. The lowest BCUT2D eigenvalue weighted by Crippen LogP contribution is -2.47. The molecule has 1 unspecified atom stereocenters. The molecule has 6 nitrogen and oxygen atoms in total.